The van der Waals surface area contributed by atoms with Crippen molar-refractivity contribution in [2.45, 2.75) is 26.3 Å². The lowest BCUT2D eigenvalue weighted by Gasteiger charge is -2.25. The van der Waals surface area contributed by atoms with E-state index in [9.17, 15) is 19.2 Å². The van der Waals surface area contributed by atoms with Gasteiger partial charge in [-0.25, -0.2) is 4.79 Å². The van der Waals surface area contributed by atoms with Crippen molar-refractivity contribution in [2.24, 2.45) is 0 Å². The predicted octanol–water partition coefficient (Wildman–Crippen LogP) is -0.984. The summed E-state index contributed by atoms with van der Waals surface area (Å²) >= 11 is 0. The van der Waals surface area contributed by atoms with Crippen molar-refractivity contribution in [3.63, 3.8) is 0 Å². The summed E-state index contributed by atoms with van der Waals surface area (Å²) in [4.78, 5) is 51.3. The molecule has 0 aromatic carbocycles. The van der Waals surface area contributed by atoms with E-state index >= 15 is 0 Å². The van der Waals surface area contributed by atoms with Crippen LogP contribution in [0, 0.1) is 0 Å². The van der Waals surface area contributed by atoms with Gasteiger partial charge in [-0.3, -0.25) is 19.4 Å². The van der Waals surface area contributed by atoms with E-state index in [1.165, 1.54) is 12.0 Å². The standard InChI is InChI=1S/C12H17N3O5/c1-7(2)15(6-11(18)20-3)10(17)5-8-4-9(16)14-12(19)13-8/h4,7H,5-6H2,1-3H3,(H2,13,14,16,19). The van der Waals surface area contributed by atoms with Gasteiger partial charge in [0.1, 0.15) is 6.54 Å². The normalized spacial score (nSPS) is 10.4. The van der Waals surface area contributed by atoms with E-state index in [4.69, 9.17) is 0 Å². The number of aromatic nitrogens is 2. The number of ether oxygens (including phenoxy) is 1. The summed E-state index contributed by atoms with van der Waals surface area (Å²) in [6, 6.07) is 0.922. The molecular formula is C12H17N3O5. The molecule has 0 aliphatic rings. The monoisotopic (exact) mass is 283 g/mol. The Bertz CT molecular complexity index is 573. The van der Waals surface area contributed by atoms with Gasteiger partial charge in [-0.05, 0) is 13.8 Å². The molecule has 8 nitrogen and oxygen atoms in total. The van der Waals surface area contributed by atoms with Crippen molar-refractivity contribution in [1.29, 1.82) is 0 Å². The van der Waals surface area contributed by atoms with Gasteiger partial charge in [-0.1, -0.05) is 0 Å². The SMILES string of the molecule is COC(=O)CN(C(=O)Cc1cc(=O)[nH]c(=O)[nH]1)C(C)C. The molecule has 0 bridgehead atoms. The molecule has 1 amide bonds. The maximum atomic E-state index is 12.1. The third-order valence-corrected chi connectivity index (χ3v) is 2.63. The highest BCUT2D eigenvalue weighted by Crippen LogP contribution is 2.03. The largest absolute Gasteiger partial charge is 0.468 e. The molecule has 0 fully saturated rings. The van der Waals surface area contributed by atoms with Crippen LogP contribution in [0.2, 0.25) is 0 Å². The van der Waals surface area contributed by atoms with Crippen LogP contribution in [0.1, 0.15) is 19.5 Å². The van der Waals surface area contributed by atoms with Gasteiger partial charge in [0.05, 0.1) is 13.5 Å². The van der Waals surface area contributed by atoms with E-state index in [0.29, 0.717) is 0 Å². The molecule has 0 atom stereocenters. The Kier molecular flexibility index (Phi) is 5.24. The summed E-state index contributed by atoms with van der Waals surface area (Å²) in [5, 5.41) is 0. The van der Waals surface area contributed by atoms with Crippen molar-refractivity contribution in [3.8, 4) is 0 Å². The number of nitrogens with one attached hydrogen (secondary N) is 2. The fourth-order valence-corrected chi connectivity index (χ4v) is 1.64. The molecule has 0 saturated carbocycles. The first kappa shape index (κ1) is 15.7. The van der Waals surface area contributed by atoms with Gasteiger partial charge >= 0.3 is 11.7 Å². The van der Waals surface area contributed by atoms with Gasteiger partial charge in [0.2, 0.25) is 5.91 Å². The first-order valence-electron chi connectivity index (χ1n) is 6.02. The van der Waals surface area contributed by atoms with Crippen molar-refractivity contribution in [2.75, 3.05) is 13.7 Å². The average Bonchev–Trinajstić information content (AvgIpc) is 2.33. The number of rotatable bonds is 5. The molecule has 2 N–H and O–H groups in total. The van der Waals surface area contributed by atoms with Crippen LogP contribution in [-0.2, 0) is 20.7 Å². The summed E-state index contributed by atoms with van der Waals surface area (Å²) in [6.07, 6.45) is -0.172. The van der Waals surface area contributed by atoms with Crippen molar-refractivity contribution < 1.29 is 14.3 Å². The highest BCUT2D eigenvalue weighted by Gasteiger charge is 2.21. The minimum atomic E-state index is -0.677. The Hall–Kier alpha value is -2.38. The number of carbonyl (C=O) groups is 2. The van der Waals surface area contributed by atoms with E-state index < -0.39 is 17.2 Å². The Morgan fingerprint density at radius 2 is 1.95 bits per heavy atom. The lowest BCUT2D eigenvalue weighted by atomic mass is 10.2. The molecule has 1 aromatic rings. The van der Waals surface area contributed by atoms with Gasteiger partial charge in [-0.2, -0.15) is 0 Å². The van der Waals surface area contributed by atoms with Gasteiger partial charge in [0.25, 0.3) is 5.56 Å². The predicted molar refractivity (Wildman–Crippen MR) is 70.3 cm³/mol. The van der Waals surface area contributed by atoms with Crippen LogP contribution in [0.4, 0.5) is 0 Å². The molecule has 1 aromatic heterocycles. The van der Waals surface area contributed by atoms with Crippen LogP contribution in [-0.4, -0.2) is 46.4 Å². The van der Waals surface area contributed by atoms with Crippen molar-refractivity contribution in [1.82, 2.24) is 14.9 Å². The molecule has 20 heavy (non-hydrogen) atoms. The first-order chi connectivity index (χ1) is 9.33. The highest BCUT2D eigenvalue weighted by molar-refractivity contribution is 5.83. The number of carbonyl (C=O) groups excluding carboxylic acids is 2. The summed E-state index contributed by atoms with van der Waals surface area (Å²) < 4.78 is 4.52. The molecule has 0 saturated heterocycles. The minimum absolute atomic E-state index is 0.172. The van der Waals surface area contributed by atoms with Crippen LogP contribution < -0.4 is 11.2 Å². The number of methoxy groups -OCH3 is 1. The topological polar surface area (TPSA) is 112 Å². The zero-order valence-corrected chi connectivity index (χ0v) is 11.6. The van der Waals surface area contributed by atoms with Crippen LogP contribution in [0.3, 0.4) is 0 Å². The Morgan fingerprint density at radius 1 is 1.30 bits per heavy atom. The lowest BCUT2D eigenvalue weighted by Crippen LogP contribution is -2.42. The lowest BCUT2D eigenvalue weighted by molar-refractivity contribution is -0.148. The molecule has 8 heteroatoms. The quantitative estimate of drug-likeness (QED) is 0.674. The average molecular weight is 283 g/mol. The Morgan fingerprint density at radius 3 is 2.45 bits per heavy atom. The van der Waals surface area contributed by atoms with E-state index in [1.54, 1.807) is 13.8 Å². The molecule has 110 valence electrons. The Labute approximate surface area is 114 Å². The van der Waals surface area contributed by atoms with Crippen LogP contribution in [0.15, 0.2) is 15.7 Å². The maximum absolute atomic E-state index is 12.1. The van der Waals surface area contributed by atoms with E-state index in [0.717, 1.165) is 6.07 Å². The van der Waals surface area contributed by atoms with Crippen LogP contribution in [0.5, 0.6) is 0 Å². The van der Waals surface area contributed by atoms with Crippen molar-refractivity contribution in [3.05, 3.63) is 32.6 Å². The minimum Gasteiger partial charge on any atom is -0.468 e. The summed E-state index contributed by atoms with van der Waals surface area (Å²) in [6.45, 7) is 3.32. The molecule has 1 rings (SSSR count). The van der Waals surface area contributed by atoms with E-state index in [1.807, 2.05) is 4.98 Å². The molecule has 0 unspecified atom stereocenters. The second-order valence-electron chi connectivity index (χ2n) is 4.48. The number of esters is 1. The second-order valence-corrected chi connectivity index (χ2v) is 4.48. The number of hydrogen-bond acceptors (Lipinski definition) is 5. The van der Waals surface area contributed by atoms with Gasteiger partial charge in [0.15, 0.2) is 0 Å². The third-order valence-electron chi connectivity index (χ3n) is 2.63. The maximum Gasteiger partial charge on any atom is 0.325 e. The molecule has 0 aliphatic heterocycles. The van der Waals surface area contributed by atoms with Gasteiger partial charge in [-0.15, -0.1) is 0 Å². The van der Waals surface area contributed by atoms with E-state index in [2.05, 4.69) is 9.72 Å². The number of aromatic amines is 2. The van der Waals surface area contributed by atoms with Crippen LogP contribution in [0.25, 0.3) is 0 Å². The van der Waals surface area contributed by atoms with Gasteiger partial charge < -0.3 is 14.6 Å². The molecule has 0 aliphatic carbocycles. The number of amides is 1. The summed E-state index contributed by atoms with van der Waals surface area (Å²) in [5.41, 5.74) is -1.07. The third kappa shape index (κ3) is 4.38. The zero-order chi connectivity index (χ0) is 15.3. The van der Waals surface area contributed by atoms with Crippen molar-refractivity contribution >= 4 is 11.9 Å². The van der Waals surface area contributed by atoms with Gasteiger partial charge in [0, 0.05) is 17.8 Å². The van der Waals surface area contributed by atoms with Crippen LogP contribution >= 0.6 is 0 Å². The molecule has 0 radical (unpaired) electrons. The fraction of sp³-hybridized carbons (Fsp3) is 0.500. The second kappa shape index (κ2) is 6.69. The highest BCUT2D eigenvalue weighted by atomic mass is 16.5. The molecule has 0 spiro atoms. The molecular weight excluding hydrogens is 266 g/mol. The number of H-pyrrole nitrogens is 2. The number of nitrogens with zero attached hydrogens (tertiary/aromatic N) is 1. The number of hydrogen-bond donors (Lipinski definition) is 2. The molecule has 1 heterocycles. The first-order valence-corrected chi connectivity index (χ1v) is 6.02. The smallest absolute Gasteiger partial charge is 0.325 e. The summed E-state index contributed by atoms with van der Waals surface area (Å²) in [7, 11) is 1.24. The zero-order valence-electron chi connectivity index (χ0n) is 11.6. The Balaban J connectivity index is 2.88. The fourth-order valence-electron chi connectivity index (χ4n) is 1.64. The van der Waals surface area contributed by atoms with E-state index in [-0.39, 0.29) is 30.6 Å². The summed E-state index contributed by atoms with van der Waals surface area (Å²) in [5.74, 6) is -0.918.